The van der Waals surface area contributed by atoms with Gasteiger partial charge in [0, 0.05) is 11.3 Å². The Labute approximate surface area is 161 Å². The molecule has 0 bridgehead atoms. The standard InChI is InChI=1S/C19H21N5O2S/c1-12-4-8-15(9-5-12)21-18(25)13(2)27-19-23-22-17(24(19)20)14-6-10-16(26-3)11-7-14/h4-11,13H,20H2,1-3H3,(H,21,25)/t13-/m1/s1. The fraction of sp³-hybridized carbons (Fsp3) is 0.211. The molecule has 7 nitrogen and oxygen atoms in total. The van der Waals surface area contributed by atoms with Gasteiger partial charge >= 0.3 is 0 Å². The number of nitrogen functional groups attached to an aromatic ring is 1. The monoisotopic (exact) mass is 383 g/mol. The Kier molecular flexibility index (Phi) is 5.66. The summed E-state index contributed by atoms with van der Waals surface area (Å²) >= 11 is 1.25. The number of amides is 1. The molecule has 0 saturated carbocycles. The Hall–Kier alpha value is -3.00. The molecule has 1 amide bonds. The minimum absolute atomic E-state index is 0.127. The molecule has 3 rings (SSSR count). The number of aryl methyl sites for hydroxylation is 1. The first-order chi connectivity index (χ1) is 13.0. The summed E-state index contributed by atoms with van der Waals surface area (Å²) in [4.78, 5) is 12.4. The molecule has 1 atom stereocenters. The van der Waals surface area contributed by atoms with Crippen molar-refractivity contribution in [3.05, 3.63) is 54.1 Å². The van der Waals surface area contributed by atoms with Gasteiger partial charge in [-0.1, -0.05) is 29.5 Å². The number of methoxy groups -OCH3 is 1. The molecular weight excluding hydrogens is 362 g/mol. The van der Waals surface area contributed by atoms with Crippen LogP contribution in [0.2, 0.25) is 0 Å². The molecule has 0 saturated heterocycles. The van der Waals surface area contributed by atoms with Crippen LogP contribution in [0, 0.1) is 6.92 Å². The number of aromatic nitrogens is 3. The summed E-state index contributed by atoms with van der Waals surface area (Å²) in [7, 11) is 1.61. The predicted molar refractivity (Wildman–Crippen MR) is 107 cm³/mol. The maximum atomic E-state index is 12.4. The fourth-order valence-electron chi connectivity index (χ4n) is 2.39. The van der Waals surface area contributed by atoms with Crippen LogP contribution in [0.15, 0.2) is 53.7 Å². The van der Waals surface area contributed by atoms with E-state index in [9.17, 15) is 4.79 Å². The summed E-state index contributed by atoms with van der Waals surface area (Å²) in [5.74, 6) is 7.27. The third-order valence-electron chi connectivity index (χ3n) is 3.98. The first kappa shape index (κ1) is 18.8. The number of hydrogen-bond donors (Lipinski definition) is 2. The first-order valence-electron chi connectivity index (χ1n) is 8.37. The fourth-order valence-corrected chi connectivity index (χ4v) is 3.16. The average molecular weight is 383 g/mol. The zero-order valence-corrected chi connectivity index (χ0v) is 16.2. The van der Waals surface area contributed by atoms with E-state index in [2.05, 4.69) is 15.5 Å². The topological polar surface area (TPSA) is 95.1 Å². The lowest BCUT2D eigenvalue weighted by atomic mass is 10.2. The summed E-state index contributed by atoms with van der Waals surface area (Å²) in [6, 6.07) is 15.0. The van der Waals surface area contributed by atoms with E-state index in [1.165, 1.54) is 16.4 Å². The van der Waals surface area contributed by atoms with Gasteiger partial charge in [-0.15, -0.1) is 10.2 Å². The van der Waals surface area contributed by atoms with Crippen molar-refractivity contribution >= 4 is 23.4 Å². The van der Waals surface area contributed by atoms with Crippen LogP contribution >= 0.6 is 11.8 Å². The number of nitrogens with two attached hydrogens (primary N) is 1. The predicted octanol–water partition coefficient (Wildman–Crippen LogP) is 3.10. The van der Waals surface area contributed by atoms with Crippen molar-refractivity contribution in [3.63, 3.8) is 0 Å². The molecule has 0 unspecified atom stereocenters. The van der Waals surface area contributed by atoms with Gasteiger partial charge < -0.3 is 15.9 Å². The molecule has 27 heavy (non-hydrogen) atoms. The number of carbonyl (C=O) groups excluding carboxylic acids is 1. The molecule has 8 heteroatoms. The van der Waals surface area contributed by atoms with Gasteiger partial charge in [-0.3, -0.25) is 4.79 Å². The van der Waals surface area contributed by atoms with Crippen LogP contribution in [-0.2, 0) is 4.79 Å². The van der Waals surface area contributed by atoms with Crippen LogP contribution in [0.1, 0.15) is 12.5 Å². The van der Waals surface area contributed by atoms with Crippen molar-refractivity contribution < 1.29 is 9.53 Å². The van der Waals surface area contributed by atoms with Gasteiger partial charge in [0.15, 0.2) is 5.82 Å². The highest BCUT2D eigenvalue weighted by Gasteiger charge is 2.20. The molecule has 1 aromatic heterocycles. The number of benzene rings is 2. The lowest BCUT2D eigenvalue weighted by Gasteiger charge is -2.11. The summed E-state index contributed by atoms with van der Waals surface area (Å²) in [6.07, 6.45) is 0. The molecule has 0 aliphatic carbocycles. The molecule has 0 aliphatic heterocycles. The highest BCUT2D eigenvalue weighted by atomic mass is 32.2. The SMILES string of the molecule is COc1ccc(-c2nnc(S[C@H](C)C(=O)Nc3ccc(C)cc3)n2N)cc1. The van der Waals surface area contributed by atoms with Gasteiger partial charge in [-0.05, 0) is 50.2 Å². The third-order valence-corrected chi connectivity index (χ3v) is 5.04. The summed E-state index contributed by atoms with van der Waals surface area (Å²) in [5.41, 5.74) is 2.71. The van der Waals surface area contributed by atoms with Gasteiger partial charge in [0.05, 0.1) is 12.4 Å². The van der Waals surface area contributed by atoms with Crippen molar-refractivity contribution in [2.75, 3.05) is 18.3 Å². The van der Waals surface area contributed by atoms with Crippen molar-refractivity contribution in [1.29, 1.82) is 0 Å². The van der Waals surface area contributed by atoms with Crippen LogP contribution in [0.25, 0.3) is 11.4 Å². The van der Waals surface area contributed by atoms with Crippen LogP contribution in [0.4, 0.5) is 5.69 Å². The quantitative estimate of drug-likeness (QED) is 0.502. The third kappa shape index (κ3) is 4.40. The smallest absolute Gasteiger partial charge is 0.237 e. The second kappa shape index (κ2) is 8.13. The van der Waals surface area contributed by atoms with Crippen LogP contribution < -0.4 is 15.9 Å². The van der Waals surface area contributed by atoms with Crippen molar-refractivity contribution in [2.45, 2.75) is 24.3 Å². The summed E-state index contributed by atoms with van der Waals surface area (Å²) in [5, 5.41) is 11.2. The minimum atomic E-state index is -0.387. The Balaban J connectivity index is 1.68. The molecule has 0 radical (unpaired) electrons. The van der Waals surface area contributed by atoms with Gasteiger partial charge in [0.25, 0.3) is 0 Å². The number of thioether (sulfide) groups is 1. The minimum Gasteiger partial charge on any atom is -0.497 e. The van der Waals surface area contributed by atoms with E-state index in [4.69, 9.17) is 10.6 Å². The van der Waals surface area contributed by atoms with Gasteiger partial charge in [-0.2, -0.15) is 0 Å². The lowest BCUT2D eigenvalue weighted by Crippen LogP contribution is -2.23. The lowest BCUT2D eigenvalue weighted by molar-refractivity contribution is -0.115. The molecule has 1 heterocycles. The van der Waals surface area contributed by atoms with Crippen LogP contribution in [0.3, 0.4) is 0 Å². The number of anilines is 1. The number of nitrogens with one attached hydrogen (secondary N) is 1. The number of rotatable bonds is 6. The molecule has 3 N–H and O–H groups in total. The van der Waals surface area contributed by atoms with Gasteiger partial charge in [0.1, 0.15) is 5.75 Å². The Bertz CT molecular complexity index is 922. The second-order valence-electron chi connectivity index (χ2n) is 6.02. The van der Waals surface area contributed by atoms with E-state index < -0.39 is 0 Å². The molecule has 0 aliphatic rings. The van der Waals surface area contributed by atoms with Crippen molar-refractivity contribution in [2.24, 2.45) is 0 Å². The van der Waals surface area contributed by atoms with Crippen LogP contribution in [0.5, 0.6) is 5.75 Å². The van der Waals surface area contributed by atoms with Gasteiger partial charge in [0.2, 0.25) is 11.1 Å². The first-order valence-corrected chi connectivity index (χ1v) is 9.25. The normalized spacial score (nSPS) is 11.8. The largest absolute Gasteiger partial charge is 0.497 e. The van der Waals surface area contributed by atoms with Crippen molar-refractivity contribution in [1.82, 2.24) is 14.9 Å². The number of hydrogen-bond acceptors (Lipinski definition) is 6. The zero-order valence-electron chi connectivity index (χ0n) is 15.3. The van der Waals surface area contributed by atoms with E-state index >= 15 is 0 Å². The highest BCUT2D eigenvalue weighted by molar-refractivity contribution is 8.00. The maximum absolute atomic E-state index is 12.4. The molecule has 3 aromatic rings. The summed E-state index contributed by atoms with van der Waals surface area (Å²) in [6.45, 7) is 3.80. The highest BCUT2D eigenvalue weighted by Crippen LogP contribution is 2.26. The Morgan fingerprint density at radius 2 is 1.81 bits per heavy atom. The molecule has 140 valence electrons. The Morgan fingerprint density at radius 1 is 1.15 bits per heavy atom. The van der Waals surface area contributed by atoms with E-state index in [-0.39, 0.29) is 11.2 Å². The van der Waals surface area contributed by atoms with Crippen LogP contribution in [-0.4, -0.2) is 33.1 Å². The zero-order chi connectivity index (χ0) is 19.4. The van der Waals surface area contributed by atoms with E-state index in [1.807, 2.05) is 55.5 Å². The number of ether oxygens (including phenoxy) is 1. The molecule has 0 fully saturated rings. The second-order valence-corrected chi connectivity index (χ2v) is 7.33. The average Bonchev–Trinajstić information content (AvgIpc) is 3.04. The number of nitrogens with zero attached hydrogens (tertiary/aromatic N) is 3. The van der Waals surface area contributed by atoms with Crippen molar-refractivity contribution in [3.8, 4) is 17.1 Å². The van der Waals surface area contributed by atoms with E-state index in [1.54, 1.807) is 14.0 Å². The van der Waals surface area contributed by atoms with E-state index in [0.29, 0.717) is 11.0 Å². The number of carbonyl (C=O) groups is 1. The van der Waals surface area contributed by atoms with Gasteiger partial charge in [-0.25, -0.2) is 4.68 Å². The maximum Gasteiger partial charge on any atom is 0.237 e. The molecule has 0 spiro atoms. The molecule has 2 aromatic carbocycles. The van der Waals surface area contributed by atoms with E-state index in [0.717, 1.165) is 22.6 Å². The Morgan fingerprint density at radius 3 is 2.44 bits per heavy atom. The molecular formula is C19H21N5O2S. The summed E-state index contributed by atoms with van der Waals surface area (Å²) < 4.78 is 6.54.